The van der Waals surface area contributed by atoms with E-state index in [-0.39, 0.29) is 32.0 Å². The maximum atomic E-state index is 13.0. The maximum absolute atomic E-state index is 13.0. The number of aliphatic hydroxyl groups excluding tert-OH is 1. The van der Waals surface area contributed by atoms with Crippen molar-refractivity contribution < 1.29 is 38.7 Å². The predicted molar refractivity (Wildman–Crippen MR) is 108 cm³/mol. The molecule has 0 saturated heterocycles. The first-order chi connectivity index (χ1) is 14.5. The Morgan fingerprint density at radius 3 is 2.30 bits per heavy atom. The summed E-state index contributed by atoms with van der Waals surface area (Å²) in [5, 5.41) is 19.3. The van der Waals surface area contributed by atoms with E-state index in [9.17, 15) is 14.7 Å². The standard InChI is InChI=1S/C22H32O8/c1-3-5-7-16-9-10-18-17(8-6-4-2)19(16)21(25)30-22(26,29-20(18)24)15-28-14-13-27-12-11-23/h9-10,23,26H,3-8,11-15H2,1-2H3. The SMILES string of the molecule is CCCCc1ccc2c(CCCC)c1C(=O)OC(O)(COCCOCCO)OC2=O. The molecule has 8 nitrogen and oxygen atoms in total. The minimum atomic E-state index is -2.53. The minimum Gasteiger partial charge on any atom is -0.394 e. The highest BCUT2D eigenvalue weighted by Crippen LogP contribution is 2.30. The lowest BCUT2D eigenvalue weighted by atomic mass is 9.90. The van der Waals surface area contributed by atoms with Gasteiger partial charge in [-0.25, -0.2) is 9.59 Å². The Bertz CT molecular complexity index is 717. The molecule has 1 aromatic rings. The zero-order chi connectivity index (χ0) is 22.0. The molecule has 1 unspecified atom stereocenters. The number of hydrogen-bond acceptors (Lipinski definition) is 8. The average molecular weight is 424 g/mol. The molecular formula is C22H32O8. The van der Waals surface area contributed by atoms with Gasteiger partial charge < -0.3 is 29.2 Å². The van der Waals surface area contributed by atoms with E-state index in [2.05, 4.69) is 6.92 Å². The fourth-order valence-electron chi connectivity index (χ4n) is 3.29. The summed E-state index contributed by atoms with van der Waals surface area (Å²) in [7, 11) is 0. The van der Waals surface area contributed by atoms with E-state index < -0.39 is 24.5 Å². The highest BCUT2D eigenvalue weighted by Gasteiger charge is 2.42. The third kappa shape index (κ3) is 6.50. The van der Waals surface area contributed by atoms with Crippen molar-refractivity contribution in [1.82, 2.24) is 0 Å². The normalized spacial score (nSPS) is 18.5. The van der Waals surface area contributed by atoms with Crippen LogP contribution in [0.4, 0.5) is 0 Å². The van der Waals surface area contributed by atoms with Gasteiger partial charge in [0.05, 0.1) is 37.6 Å². The van der Waals surface area contributed by atoms with Gasteiger partial charge in [-0.2, -0.15) is 0 Å². The van der Waals surface area contributed by atoms with Gasteiger partial charge in [-0.15, -0.1) is 0 Å². The molecule has 0 spiro atoms. The van der Waals surface area contributed by atoms with Gasteiger partial charge in [-0.3, -0.25) is 0 Å². The molecular weight excluding hydrogens is 392 g/mol. The third-order valence-corrected chi connectivity index (χ3v) is 4.80. The van der Waals surface area contributed by atoms with E-state index in [1.807, 2.05) is 6.92 Å². The van der Waals surface area contributed by atoms with Crippen molar-refractivity contribution in [2.45, 2.75) is 58.3 Å². The first kappa shape index (κ1) is 24.3. The molecule has 1 atom stereocenters. The Hall–Kier alpha value is -2.00. The number of unbranched alkanes of at least 4 members (excludes halogenated alkanes) is 2. The summed E-state index contributed by atoms with van der Waals surface area (Å²) >= 11 is 0. The number of cyclic esters (lactones) is 2. The summed E-state index contributed by atoms with van der Waals surface area (Å²) < 4.78 is 20.7. The van der Waals surface area contributed by atoms with Gasteiger partial charge in [-0.1, -0.05) is 32.8 Å². The number of aliphatic hydroxyl groups is 2. The number of aryl methyl sites for hydroxylation is 1. The Morgan fingerprint density at radius 2 is 1.60 bits per heavy atom. The molecule has 2 rings (SSSR count). The first-order valence-electron chi connectivity index (χ1n) is 10.6. The van der Waals surface area contributed by atoms with E-state index in [0.717, 1.165) is 31.2 Å². The van der Waals surface area contributed by atoms with Crippen molar-refractivity contribution in [3.05, 3.63) is 34.4 Å². The number of hydrogen-bond donors (Lipinski definition) is 2. The largest absolute Gasteiger partial charge is 0.398 e. The molecule has 1 aliphatic heterocycles. The second kappa shape index (κ2) is 12.0. The van der Waals surface area contributed by atoms with Crippen LogP contribution in [-0.2, 0) is 31.8 Å². The van der Waals surface area contributed by atoms with Crippen LogP contribution in [0.15, 0.2) is 12.1 Å². The van der Waals surface area contributed by atoms with Gasteiger partial charge in [0, 0.05) is 0 Å². The number of carbonyl (C=O) groups excluding carboxylic acids is 2. The van der Waals surface area contributed by atoms with Crippen LogP contribution in [0.25, 0.3) is 0 Å². The summed E-state index contributed by atoms with van der Waals surface area (Å²) in [5.74, 6) is -4.03. The Labute approximate surface area is 177 Å². The molecule has 2 bridgehead atoms. The van der Waals surface area contributed by atoms with Crippen molar-refractivity contribution in [3.8, 4) is 0 Å². The summed E-state index contributed by atoms with van der Waals surface area (Å²) in [6, 6.07) is 3.42. The van der Waals surface area contributed by atoms with Crippen LogP contribution in [0.3, 0.4) is 0 Å². The highest BCUT2D eigenvalue weighted by molar-refractivity contribution is 6.00. The number of benzene rings is 1. The predicted octanol–water partition coefficient (Wildman–Crippen LogP) is 2.37. The van der Waals surface area contributed by atoms with Crippen LogP contribution >= 0.6 is 0 Å². The van der Waals surface area contributed by atoms with Gasteiger partial charge in [0.25, 0.3) is 0 Å². The van der Waals surface area contributed by atoms with Gasteiger partial charge in [0.1, 0.15) is 0 Å². The molecule has 0 radical (unpaired) electrons. The number of fused-ring (bicyclic) bond motifs is 2. The molecule has 0 saturated carbocycles. The fraction of sp³-hybridized carbons (Fsp3) is 0.636. The topological polar surface area (TPSA) is 112 Å². The van der Waals surface area contributed by atoms with Crippen molar-refractivity contribution in [2.24, 2.45) is 0 Å². The second-order valence-electron chi connectivity index (χ2n) is 7.21. The molecule has 0 fully saturated rings. The Morgan fingerprint density at radius 1 is 0.933 bits per heavy atom. The Balaban J connectivity index is 2.25. The van der Waals surface area contributed by atoms with E-state index in [1.165, 1.54) is 0 Å². The molecule has 0 aromatic heterocycles. The van der Waals surface area contributed by atoms with Crippen LogP contribution in [0, 0.1) is 0 Å². The monoisotopic (exact) mass is 424 g/mol. The van der Waals surface area contributed by atoms with Crippen molar-refractivity contribution in [1.29, 1.82) is 0 Å². The molecule has 0 aliphatic carbocycles. The summed E-state index contributed by atoms with van der Waals surface area (Å²) in [6.45, 7) is 3.82. The number of carbonyl (C=O) groups is 2. The third-order valence-electron chi connectivity index (χ3n) is 4.80. The number of esters is 2. The summed E-state index contributed by atoms with van der Waals surface area (Å²) in [4.78, 5) is 25.8. The lowest BCUT2D eigenvalue weighted by molar-refractivity contribution is -0.324. The van der Waals surface area contributed by atoms with Gasteiger partial charge >= 0.3 is 17.9 Å². The minimum absolute atomic E-state index is 0.0617. The van der Waals surface area contributed by atoms with Crippen molar-refractivity contribution in [2.75, 3.05) is 33.0 Å². The lowest BCUT2D eigenvalue weighted by Crippen LogP contribution is -2.46. The quantitative estimate of drug-likeness (QED) is 0.367. The molecule has 1 aliphatic rings. The molecule has 168 valence electrons. The van der Waals surface area contributed by atoms with E-state index >= 15 is 0 Å². The van der Waals surface area contributed by atoms with Crippen LogP contribution in [0.1, 0.15) is 71.4 Å². The summed E-state index contributed by atoms with van der Waals surface area (Å²) in [6.07, 6.45) is 4.77. The van der Waals surface area contributed by atoms with E-state index in [1.54, 1.807) is 12.1 Å². The second-order valence-corrected chi connectivity index (χ2v) is 7.21. The molecule has 30 heavy (non-hydrogen) atoms. The molecule has 1 aromatic carbocycles. The summed E-state index contributed by atoms with van der Waals surface area (Å²) in [5.41, 5.74) is 2.02. The maximum Gasteiger partial charge on any atom is 0.398 e. The molecule has 0 amide bonds. The van der Waals surface area contributed by atoms with Gasteiger partial charge in [0.15, 0.2) is 6.61 Å². The molecule has 2 N–H and O–H groups in total. The fourth-order valence-corrected chi connectivity index (χ4v) is 3.29. The van der Waals surface area contributed by atoms with Crippen LogP contribution in [0.5, 0.6) is 0 Å². The molecule has 8 heteroatoms. The lowest BCUT2D eigenvalue weighted by Gasteiger charge is -2.30. The van der Waals surface area contributed by atoms with E-state index in [4.69, 9.17) is 24.1 Å². The van der Waals surface area contributed by atoms with Crippen LogP contribution in [-0.4, -0.2) is 61.2 Å². The smallest absolute Gasteiger partial charge is 0.394 e. The average Bonchev–Trinajstić information content (AvgIpc) is 2.71. The van der Waals surface area contributed by atoms with Gasteiger partial charge in [0.2, 0.25) is 0 Å². The highest BCUT2D eigenvalue weighted by atomic mass is 16.9. The van der Waals surface area contributed by atoms with Gasteiger partial charge in [-0.05, 0) is 42.9 Å². The zero-order valence-corrected chi connectivity index (χ0v) is 17.8. The van der Waals surface area contributed by atoms with Crippen molar-refractivity contribution >= 4 is 11.9 Å². The Kier molecular flexibility index (Phi) is 9.71. The zero-order valence-electron chi connectivity index (χ0n) is 17.8. The molecule has 1 heterocycles. The first-order valence-corrected chi connectivity index (χ1v) is 10.6. The van der Waals surface area contributed by atoms with Crippen LogP contribution in [0.2, 0.25) is 0 Å². The number of rotatable bonds is 13. The van der Waals surface area contributed by atoms with Crippen LogP contribution < -0.4 is 0 Å². The number of ether oxygens (including phenoxy) is 4. The van der Waals surface area contributed by atoms with Crippen molar-refractivity contribution in [3.63, 3.8) is 0 Å². The van der Waals surface area contributed by atoms with E-state index in [0.29, 0.717) is 24.0 Å².